The maximum absolute atomic E-state index is 12.2. The average Bonchev–Trinajstić information content (AvgIpc) is 3.49. The molecule has 3 heteroatoms. The van der Waals surface area contributed by atoms with Crippen LogP contribution in [0.5, 0.6) is 0 Å². The lowest BCUT2D eigenvalue weighted by Crippen LogP contribution is -2.65. The van der Waals surface area contributed by atoms with Gasteiger partial charge in [0.1, 0.15) is 11.4 Å². The van der Waals surface area contributed by atoms with E-state index in [0.717, 1.165) is 32.1 Å². The zero-order valence-electron chi connectivity index (χ0n) is 16.8. The van der Waals surface area contributed by atoms with Gasteiger partial charge in [-0.2, -0.15) is 0 Å². The van der Waals surface area contributed by atoms with Crippen molar-refractivity contribution >= 4 is 5.78 Å². The summed E-state index contributed by atoms with van der Waals surface area (Å²) in [6.45, 7) is 6.47. The number of ketones is 1. The van der Waals surface area contributed by atoms with E-state index in [1.807, 2.05) is 6.92 Å². The molecule has 0 aliphatic heterocycles. The highest BCUT2D eigenvalue weighted by atomic mass is 16.3. The van der Waals surface area contributed by atoms with Gasteiger partial charge in [0, 0.05) is 29.6 Å². The predicted molar refractivity (Wildman–Crippen MR) is 101 cm³/mol. The number of fused-ring (bicyclic) bond motifs is 10. The molecule has 3 nitrogen and oxygen atoms in total. The number of carbonyl (C=O) groups is 1. The van der Waals surface area contributed by atoms with E-state index in [-0.39, 0.29) is 16.6 Å². The van der Waals surface area contributed by atoms with E-state index in [9.17, 15) is 15.0 Å². The molecule has 6 rings (SSSR count). The quantitative estimate of drug-likeness (QED) is 0.646. The average molecular weight is 369 g/mol. The molecule has 0 heterocycles. The van der Waals surface area contributed by atoms with Gasteiger partial charge in [-0.05, 0) is 74.5 Å². The van der Waals surface area contributed by atoms with Crippen LogP contribution in [0.2, 0.25) is 0 Å². The van der Waals surface area contributed by atoms with Crippen LogP contribution >= 0.6 is 0 Å². The maximum Gasteiger partial charge on any atom is 0.135 e. The Kier molecular flexibility index (Phi) is 2.94. The first-order chi connectivity index (χ1) is 12.7. The second-order valence-electron chi connectivity index (χ2n) is 11.4. The van der Waals surface area contributed by atoms with Gasteiger partial charge >= 0.3 is 0 Å². The van der Waals surface area contributed by atoms with E-state index in [4.69, 9.17) is 0 Å². The van der Waals surface area contributed by atoms with E-state index in [1.54, 1.807) is 0 Å². The topological polar surface area (TPSA) is 57.5 Å². The van der Waals surface area contributed by atoms with Gasteiger partial charge in [0.15, 0.2) is 0 Å². The van der Waals surface area contributed by atoms with Crippen LogP contribution < -0.4 is 0 Å². The molecule has 0 spiro atoms. The first kappa shape index (κ1) is 17.0. The monoisotopic (exact) mass is 368 g/mol. The van der Waals surface area contributed by atoms with Crippen molar-refractivity contribution in [3.8, 4) is 11.8 Å². The Bertz CT molecular complexity index is 808. The van der Waals surface area contributed by atoms with Crippen molar-refractivity contribution in [2.45, 2.75) is 76.9 Å². The van der Waals surface area contributed by atoms with Crippen molar-refractivity contribution in [3.05, 3.63) is 0 Å². The molecule has 146 valence electrons. The summed E-state index contributed by atoms with van der Waals surface area (Å²) in [6, 6.07) is 0. The van der Waals surface area contributed by atoms with Crippen molar-refractivity contribution < 1.29 is 15.0 Å². The van der Waals surface area contributed by atoms with Gasteiger partial charge in [0.05, 0.1) is 5.60 Å². The molecule has 0 amide bonds. The minimum Gasteiger partial charge on any atom is -0.389 e. The largest absolute Gasteiger partial charge is 0.389 e. The van der Waals surface area contributed by atoms with Gasteiger partial charge in [0.25, 0.3) is 0 Å². The molecule has 6 aliphatic rings. The Hall–Kier alpha value is -0.850. The van der Waals surface area contributed by atoms with Crippen LogP contribution in [0.15, 0.2) is 0 Å². The van der Waals surface area contributed by atoms with Crippen LogP contribution in [0.4, 0.5) is 0 Å². The van der Waals surface area contributed by atoms with Crippen LogP contribution in [0, 0.1) is 64.1 Å². The molecular formula is C24H32O3. The highest BCUT2D eigenvalue weighted by Crippen LogP contribution is 2.81. The first-order valence-electron chi connectivity index (χ1n) is 11.1. The van der Waals surface area contributed by atoms with E-state index in [1.165, 1.54) is 0 Å². The Balaban J connectivity index is 1.45. The molecule has 6 aliphatic carbocycles. The zero-order chi connectivity index (χ0) is 19.0. The highest BCUT2D eigenvalue weighted by Gasteiger charge is 2.81. The van der Waals surface area contributed by atoms with Crippen LogP contribution in [-0.4, -0.2) is 27.2 Å². The lowest BCUT2D eigenvalue weighted by Gasteiger charge is -2.63. The molecule has 0 aromatic carbocycles. The Morgan fingerprint density at radius 2 is 1.74 bits per heavy atom. The minimum absolute atomic E-state index is 0.103. The van der Waals surface area contributed by atoms with Crippen molar-refractivity contribution in [1.29, 1.82) is 0 Å². The maximum atomic E-state index is 12.2. The molecule has 0 aromatic rings. The molecule has 27 heavy (non-hydrogen) atoms. The van der Waals surface area contributed by atoms with Gasteiger partial charge < -0.3 is 10.2 Å². The first-order valence-corrected chi connectivity index (χ1v) is 11.1. The third-order valence-corrected chi connectivity index (χ3v) is 10.8. The normalized spacial score (nSPS) is 64.9. The van der Waals surface area contributed by atoms with E-state index < -0.39 is 11.2 Å². The molecule has 6 fully saturated rings. The van der Waals surface area contributed by atoms with Crippen molar-refractivity contribution in [2.24, 2.45) is 52.3 Å². The third-order valence-electron chi connectivity index (χ3n) is 10.8. The van der Waals surface area contributed by atoms with E-state index in [0.29, 0.717) is 54.3 Å². The van der Waals surface area contributed by atoms with E-state index in [2.05, 4.69) is 25.7 Å². The summed E-state index contributed by atoms with van der Waals surface area (Å²) < 4.78 is 0. The van der Waals surface area contributed by atoms with Crippen LogP contribution in [-0.2, 0) is 4.79 Å². The molecule has 0 saturated heterocycles. The lowest BCUT2D eigenvalue weighted by atomic mass is 9.42. The number of carbonyl (C=O) groups excluding carboxylic acids is 1. The van der Waals surface area contributed by atoms with Crippen LogP contribution in [0.25, 0.3) is 0 Å². The van der Waals surface area contributed by atoms with Crippen molar-refractivity contribution in [1.82, 2.24) is 0 Å². The van der Waals surface area contributed by atoms with Gasteiger partial charge in [0.2, 0.25) is 0 Å². The molecule has 4 unspecified atom stereocenters. The predicted octanol–water partition coefficient (Wildman–Crippen LogP) is 3.18. The summed E-state index contributed by atoms with van der Waals surface area (Å²) >= 11 is 0. The summed E-state index contributed by atoms with van der Waals surface area (Å²) in [4.78, 5) is 12.2. The fourth-order valence-electron chi connectivity index (χ4n) is 9.40. The molecule has 0 radical (unpaired) electrons. The molecule has 0 bridgehead atoms. The molecule has 2 N–H and O–H groups in total. The zero-order valence-corrected chi connectivity index (χ0v) is 16.8. The summed E-state index contributed by atoms with van der Waals surface area (Å²) in [5, 5.41) is 23.4. The van der Waals surface area contributed by atoms with E-state index >= 15 is 0 Å². The molecular weight excluding hydrogens is 336 g/mol. The van der Waals surface area contributed by atoms with Gasteiger partial charge in [-0.3, -0.25) is 4.79 Å². The van der Waals surface area contributed by atoms with Crippen molar-refractivity contribution in [3.63, 3.8) is 0 Å². The fourth-order valence-corrected chi connectivity index (χ4v) is 9.40. The number of Topliss-reactive ketones (excluding diaryl/α,β-unsaturated/α-hetero) is 1. The Morgan fingerprint density at radius 1 is 1.00 bits per heavy atom. The van der Waals surface area contributed by atoms with Crippen LogP contribution in [0.3, 0.4) is 0 Å². The molecule has 11 atom stereocenters. The van der Waals surface area contributed by atoms with Gasteiger partial charge in [-0.15, -0.1) is 5.92 Å². The third kappa shape index (κ3) is 1.66. The summed E-state index contributed by atoms with van der Waals surface area (Å²) in [5.74, 6) is 10.1. The second kappa shape index (κ2) is 4.65. The standard InChI is InChI=1S/C24H32O3/c1-4-7-23(26)18-11-15(18)20-19-14-10-17(14)24(27)12-13(25)5-8-21(24,2)16(19)6-9-22(20,23)3/h14-20,26-27H,5-6,8-12H2,1-3H3/t14-,15?,16?,17+,18-,19?,20?,21+,22-,23-,24+/m0/s1. The fraction of sp³-hybridized carbons (Fsp3) is 0.875. The van der Waals surface area contributed by atoms with Crippen LogP contribution in [0.1, 0.15) is 65.7 Å². The Morgan fingerprint density at radius 3 is 2.48 bits per heavy atom. The molecule has 6 saturated carbocycles. The summed E-state index contributed by atoms with van der Waals surface area (Å²) in [6.07, 6.45) is 6.16. The summed E-state index contributed by atoms with van der Waals surface area (Å²) in [7, 11) is 0. The Labute approximate surface area is 162 Å². The number of aliphatic hydroxyl groups is 2. The molecule has 0 aromatic heterocycles. The summed E-state index contributed by atoms with van der Waals surface area (Å²) in [5.41, 5.74) is -1.83. The minimum atomic E-state index is -0.816. The smallest absolute Gasteiger partial charge is 0.135 e. The number of hydrogen-bond donors (Lipinski definition) is 2. The van der Waals surface area contributed by atoms with Crippen molar-refractivity contribution in [2.75, 3.05) is 0 Å². The highest BCUT2D eigenvalue weighted by molar-refractivity contribution is 5.81. The lowest BCUT2D eigenvalue weighted by molar-refractivity contribution is -0.218. The second-order valence-corrected chi connectivity index (χ2v) is 11.4. The SMILES string of the molecule is CC#C[C@]1(O)[C@H]2CC2C2C3C(CC[C@@]21C)[C@@]1(C)CCC(=O)C[C@@]1(O)[C@@H]1C[C@H]31. The van der Waals surface area contributed by atoms with Gasteiger partial charge in [-0.1, -0.05) is 19.8 Å². The number of rotatable bonds is 0. The van der Waals surface area contributed by atoms with Gasteiger partial charge in [-0.25, -0.2) is 0 Å². The number of hydrogen-bond acceptors (Lipinski definition) is 3.